The lowest BCUT2D eigenvalue weighted by molar-refractivity contribution is 0.622. The van der Waals surface area contributed by atoms with Crippen LogP contribution in [0.2, 0.25) is 0 Å². The number of fused-ring (bicyclic) bond motifs is 1. The Labute approximate surface area is 154 Å². The molecular formula is C21H25FN4. The molecule has 2 aromatic heterocycles. The number of nitrogens with two attached hydrogens (primary N) is 1. The van der Waals surface area contributed by atoms with Gasteiger partial charge in [0.2, 0.25) is 0 Å². The summed E-state index contributed by atoms with van der Waals surface area (Å²) in [4.78, 5) is 8.76. The third-order valence-electron chi connectivity index (χ3n) is 4.14. The van der Waals surface area contributed by atoms with Gasteiger partial charge in [-0.3, -0.25) is 0 Å². The van der Waals surface area contributed by atoms with E-state index in [2.05, 4.69) is 20.5 Å². The molecule has 0 amide bonds. The lowest BCUT2D eigenvalue weighted by Crippen LogP contribution is -2.06. The summed E-state index contributed by atoms with van der Waals surface area (Å²) in [5, 5.41) is 0. The summed E-state index contributed by atoms with van der Waals surface area (Å²) in [7, 11) is 0. The number of anilines is 1. The first-order chi connectivity index (χ1) is 12.6. The minimum Gasteiger partial charge on any atom is -0.382 e. The molecule has 4 nitrogen and oxygen atoms in total. The smallest absolute Gasteiger partial charge is 0.151 e. The number of pyridine rings is 1. The van der Waals surface area contributed by atoms with Gasteiger partial charge in [-0.2, -0.15) is 0 Å². The molecule has 0 aliphatic heterocycles. The van der Waals surface area contributed by atoms with Crippen LogP contribution < -0.4 is 5.73 Å². The highest BCUT2D eigenvalue weighted by molar-refractivity contribution is 5.85. The van der Waals surface area contributed by atoms with Crippen molar-refractivity contribution in [3.05, 3.63) is 53.2 Å². The van der Waals surface area contributed by atoms with Crippen LogP contribution in [0.1, 0.15) is 43.6 Å². The maximum absolute atomic E-state index is 13.6. The zero-order valence-electron chi connectivity index (χ0n) is 15.6. The lowest BCUT2D eigenvalue weighted by Gasteiger charge is -2.10. The van der Waals surface area contributed by atoms with Gasteiger partial charge in [-0.05, 0) is 42.7 Å². The highest BCUT2D eigenvalue weighted by Crippen LogP contribution is 2.23. The Morgan fingerprint density at radius 3 is 2.77 bits per heavy atom. The van der Waals surface area contributed by atoms with Gasteiger partial charge in [0.25, 0.3) is 0 Å². The quantitative estimate of drug-likeness (QED) is 0.544. The summed E-state index contributed by atoms with van der Waals surface area (Å²) in [5.41, 5.74) is 9.52. The zero-order valence-corrected chi connectivity index (χ0v) is 15.6. The van der Waals surface area contributed by atoms with Crippen molar-refractivity contribution in [2.24, 2.45) is 0 Å². The van der Waals surface area contributed by atoms with Gasteiger partial charge in [-0.15, -0.1) is 12.3 Å². The number of hydrogen-bond acceptors (Lipinski definition) is 3. The van der Waals surface area contributed by atoms with E-state index in [9.17, 15) is 4.39 Å². The number of rotatable bonds is 5. The molecule has 0 fully saturated rings. The summed E-state index contributed by atoms with van der Waals surface area (Å²) < 4.78 is 15.7. The molecule has 0 atom stereocenters. The predicted molar refractivity (Wildman–Crippen MR) is 105 cm³/mol. The molecule has 26 heavy (non-hydrogen) atoms. The van der Waals surface area contributed by atoms with Gasteiger partial charge >= 0.3 is 0 Å². The molecule has 3 aromatic rings. The molecule has 2 N–H and O–H groups in total. The van der Waals surface area contributed by atoms with Crippen molar-refractivity contribution in [2.75, 3.05) is 5.73 Å². The van der Waals surface area contributed by atoms with Crippen molar-refractivity contribution in [1.29, 1.82) is 0 Å². The summed E-state index contributed by atoms with van der Waals surface area (Å²) in [6.45, 7) is 6.71. The summed E-state index contributed by atoms with van der Waals surface area (Å²) in [6.07, 6.45) is 9.11. The number of halogens is 1. The standard InChI is InChI=1S/C19H19FN4.C2H6/c1-3-4-5-10-24-16-8-9-22-19(21)18(16)23-17(24)12-14-11-15(20)7-6-13(14)2;1-2/h1,6-9,11H,4-5,10,12H2,2H3,(H2,21,22);1-2H3. The van der Waals surface area contributed by atoms with Crippen molar-refractivity contribution >= 4 is 16.9 Å². The van der Waals surface area contributed by atoms with Crippen LogP contribution in [0.3, 0.4) is 0 Å². The summed E-state index contributed by atoms with van der Waals surface area (Å²) in [6, 6.07) is 6.71. The van der Waals surface area contributed by atoms with Gasteiger partial charge in [0.15, 0.2) is 5.82 Å². The fourth-order valence-electron chi connectivity index (χ4n) is 2.84. The average molecular weight is 352 g/mol. The Kier molecular flexibility index (Phi) is 6.74. The Bertz CT molecular complexity index is 922. The highest BCUT2D eigenvalue weighted by Gasteiger charge is 2.14. The predicted octanol–water partition coefficient (Wildman–Crippen LogP) is 4.49. The van der Waals surface area contributed by atoms with Gasteiger partial charge in [0, 0.05) is 25.6 Å². The molecule has 0 unspecified atom stereocenters. The van der Waals surface area contributed by atoms with E-state index in [-0.39, 0.29) is 5.82 Å². The van der Waals surface area contributed by atoms with Gasteiger partial charge in [0.05, 0.1) is 5.52 Å². The van der Waals surface area contributed by atoms with E-state index >= 15 is 0 Å². The van der Waals surface area contributed by atoms with Crippen molar-refractivity contribution in [3.8, 4) is 12.3 Å². The van der Waals surface area contributed by atoms with Crippen LogP contribution >= 0.6 is 0 Å². The minimum absolute atomic E-state index is 0.244. The van der Waals surface area contributed by atoms with Crippen molar-refractivity contribution < 1.29 is 4.39 Å². The zero-order chi connectivity index (χ0) is 19.1. The number of nitrogens with zero attached hydrogens (tertiary/aromatic N) is 3. The number of aromatic nitrogens is 3. The second-order valence-corrected chi connectivity index (χ2v) is 5.80. The summed E-state index contributed by atoms with van der Waals surface area (Å²) >= 11 is 0. The molecule has 3 rings (SSSR count). The highest BCUT2D eigenvalue weighted by atomic mass is 19.1. The molecule has 0 spiro atoms. The molecule has 0 saturated heterocycles. The van der Waals surface area contributed by atoms with Crippen LogP contribution in [0.15, 0.2) is 30.5 Å². The largest absolute Gasteiger partial charge is 0.382 e. The second-order valence-electron chi connectivity index (χ2n) is 5.80. The Hall–Kier alpha value is -2.87. The fourth-order valence-corrected chi connectivity index (χ4v) is 2.84. The molecule has 2 heterocycles. The van der Waals surface area contributed by atoms with Gasteiger partial charge in [-0.25, -0.2) is 14.4 Å². The third-order valence-corrected chi connectivity index (χ3v) is 4.14. The second kappa shape index (κ2) is 9.00. The number of nitrogen functional groups attached to an aromatic ring is 1. The SMILES string of the molecule is C#CCCCn1c(Cc2cc(F)ccc2C)nc2c(N)nccc21.CC. The third kappa shape index (κ3) is 4.20. The molecule has 0 aliphatic rings. The van der Waals surface area contributed by atoms with E-state index in [1.807, 2.05) is 26.8 Å². The number of unbranched alkanes of at least 4 members (excludes halogenated alkanes) is 1. The molecule has 0 aliphatic carbocycles. The monoisotopic (exact) mass is 352 g/mol. The Morgan fingerprint density at radius 2 is 2.04 bits per heavy atom. The number of terminal acetylenes is 1. The maximum atomic E-state index is 13.6. The number of aryl methyl sites for hydroxylation is 2. The molecule has 0 saturated carbocycles. The van der Waals surface area contributed by atoms with E-state index in [4.69, 9.17) is 12.2 Å². The minimum atomic E-state index is -0.244. The van der Waals surface area contributed by atoms with Crippen LogP contribution in [0, 0.1) is 25.1 Å². The van der Waals surface area contributed by atoms with Crippen LogP contribution in [0.5, 0.6) is 0 Å². The molecule has 1 aromatic carbocycles. The van der Waals surface area contributed by atoms with E-state index < -0.39 is 0 Å². The number of hydrogen-bond donors (Lipinski definition) is 1. The first-order valence-electron chi connectivity index (χ1n) is 8.88. The molecule has 5 heteroatoms. The van der Waals surface area contributed by atoms with Crippen LogP contribution in [-0.2, 0) is 13.0 Å². The topological polar surface area (TPSA) is 56.7 Å². The number of benzene rings is 1. The van der Waals surface area contributed by atoms with E-state index in [0.29, 0.717) is 24.2 Å². The van der Waals surface area contributed by atoms with Gasteiger partial charge in [0.1, 0.15) is 17.2 Å². The van der Waals surface area contributed by atoms with Crippen molar-refractivity contribution in [1.82, 2.24) is 14.5 Å². The van der Waals surface area contributed by atoms with Crippen molar-refractivity contribution in [2.45, 2.75) is 46.6 Å². The lowest BCUT2D eigenvalue weighted by atomic mass is 10.1. The van der Waals surface area contributed by atoms with E-state index in [1.165, 1.54) is 6.07 Å². The van der Waals surface area contributed by atoms with Crippen LogP contribution in [0.25, 0.3) is 11.0 Å². The average Bonchev–Trinajstić information content (AvgIpc) is 2.99. The number of imidazole rings is 1. The Morgan fingerprint density at radius 1 is 1.27 bits per heavy atom. The normalized spacial score (nSPS) is 10.3. The summed E-state index contributed by atoms with van der Waals surface area (Å²) in [5.74, 6) is 3.66. The Balaban J connectivity index is 0.00000117. The van der Waals surface area contributed by atoms with E-state index in [0.717, 1.165) is 35.4 Å². The first kappa shape index (κ1) is 19.5. The van der Waals surface area contributed by atoms with E-state index in [1.54, 1.807) is 18.3 Å². The van der Waals surface area contributed by atoms with Crippen LogP contribution in [-0.4, -0.2) is 14.5 Å². The maximum Gasteiger partial charge on any atom is 0.151 e. The molecule has 0 radical (unpaired) electrons. The van der Waals surface area contributed by atoms with Crippen molar-refractivity contribution in [3.63, 3.8) is 0 Å². The van der Waals surface area contributed by atoms with Crippen LogP contribution in [0.4, 0.5) is 10.2 Å². The molecule has 0 bridgehead atoms. The first-order valence-corrected chi connectivity index (χ1v) is 8.88. The molecule has 136 valence electrons. The molecular weight excluding hydrogens is 327 g/mol. The van der Waals surface area contributed by atoms with Gasteiger partial charge in [-0.1, -0.05) is 19.9 Å². The fraction of sp³-hybridized carbons (Fsp3) is 0.333. The van der Waals surface area contributed by atoms with Gasteiger partial charge < -0.3 is 10.3 Å².